The van der Waals surface area contributed by atoms with Crippen molar-refractivity contribution in [3.8, 4) is 11.5 Å². The van der Waals surface area contributed by atoms with E-state index in [0.717, 1.165) is 30.2 Å². The Kier molecular flexibility index (Phi) is 5.68. The summed E-state index contributed by atoms with van der Waals surface area (Å²) in [6.45, 7) is 6.72. The minimum atomic E-state index is -0.161. The Hall–Kier alpha value is -1.95. The molecule has 1 fully saturated rings. The number of carbonyl (C=O) groups is 1. The number of amidine groups is 1. The Morgan fingerprint density at radius 2 is 2.24 bits per heavy atom. The van der Waals surface area contributed by atoms with Crippen molar-refractivity contribution in [1.29, 1.82) is 0 Å². The smallest absolute Gasteiger partial charge is 0.286 e. The molecular formula is C19H24N2O3S. The monoisotopic (exact) mass is 360 g/mol. The molecule has 6 heteroatoms. The van der Waals surface area contributed by atoms with Crippen LogP contribution in [0, 0.1) is 5.92 Å². The van der Waals surface area contributed by atoms with E-state index >= 15 is 0 Å². The van der Waals surface area contributed by atoms with Crippen molar-refractivity contribution in [3.05, 3.63) is 28.7 Å². The standard InChI is InChI=1S/C19H24N2O3S/c1-4-24-15-8-7-14(10-16(15)23-3)11-17-18(22)20-19(25-17)21-9-5-6-13(2)12-21/h7-8,10-11,13H,4-6,9,12H2,1-3H3/b17-11-/t13-/m0/s1. The maximum atomic E-state index is 12.3. The minimum absolute atomic E-state index is 0.161. The Morgan fingerprint density at radius 1 is 1.40 bits per heavy atom. The lowest BCUT2D eigenvalue weighted by Gasteiger charge is -2.31. The molecular weight excluding hydrogens is 336 g/mol. The van der Waals surface area contributed by atoms with Gasteiger partial charge in [0.15, 0.2) is 16.7 Å². The average Bonchev–Trinajstić information content (AvgIpc) is 2.97. The molecule has 25 heavy (non-hydrogen) atoms. The maximum absolute atomic E-state index is 12.3. The van der Waals surface area contributed by atoms with Gasteiger partial charge in [-0.2, -0.15) is 4.99 Å². The molecule has 5 nitrogen and oxygen atoms in total. The maximum Gasteiger partial charge on any atom is 0.286 e. The van der Waals surface area contributed by atoms with Gasteiger partial charge in [0, 0.05) is 13.1 Å². The summed E-state index contributed by atoms with van der Waals surface area (Å²) in [6.07, 6.45) is 4.27. The number of rotatable bonds is 4. The lowest BCUT2D eigenvalue weighted by molar-refractivity contribution is -0.113. The van der Waals surface area contributed by atoms with Crippen molar-refractivity contribution in [2.45, 2.75) is 26.7 Å². The van der Waals surface area contributed by atoms with Gasteiger partial charge in [0.1, 0.15) is 0 Å². The van der Waals surface area contributed by atoms with Crippen LogP contribution < -0.4 is 9.47 Å². The van der Waals surface area contributed by atoms with Crippen LogP contribution in [0.25, 0.3) is 6.08 Å². The van der Waals surface area contributed by atoms with Gasteiger partial charge in [0.25, 0.3) is 5.91 Å². The van der Waals surface area contributed by atoms with Gasteiger partial charge in [-0.15, -0.1) is 0 Å². The number of benzene rings is 1. The average molecular weight is 360 g/mol. The molecule has 134 valence electrons. The van der Waals surface area contributed by atoms with Crippen LogP contribution in [0.4, 0.5) is 0 Å². The van der Waals surface area contributed by atoms with Crippen LogP contribution in [-0.2, 0) is 4.79 Å². The van der Waals surface area contributed by atoms with Gasteiger partial charge in [0.2, 0.25) is 0 Å². The second-order valence-electron chi connectivity index (χ2n) is 6.35. The fraction of sp³-hybridized carbons (Fsp3) is 0.474. The Balaban J connectivity index is 1.75. The first-order chi connectivity index (χ1) is 12.1. The number of likely N-dealkylation sites (tertiary alicyclic amines) is 1. The number of hydrogen-bond acceptors (Lipinski definition) is 5. The molecule has 0 unspecified atom stereocenters. The molecule has 1 aromatic rings. The number of ether oxygens (including phenoxy) is 2. The Labute approximate surface area is 153 Å². The van der Waals surface area contributed by atoms with Crippen LogP contribution in [0.5, 0.6) is 11.5 Å². The number of methoxy groups -OCH3 is 1. The second kappa shape index (κ2) is 7.95. The van der Waals surface area contributed by atoms with E-state index in [9.17, 15) is 4.79 Å². The van der Waals surface area contributed by atoms with Crippen molar-refractivity contribution in [1.82, 2.24) is 4.90 Å². The van der Waals surface area contributed by atoms with E-state index in [1.54, 1.807) is 7.11 Å². The molecule has 3 rings (SSSR count). The lowest BCUT2D eigenvalue weighted by Crippen LogP contribution is -2.37. The number of thioether (sulfide) groups is 1. The van der Waals surface area contributed by atoms with E-state index in [0.29, 0.717) is 28.9 Å². The Morgan fingerprint density at radius 3 is 2.96 bits per heavy atom. The molecule has 2 heterocycles. The number of amides is 1. The van der Waals surface area contributed by atoms with Crippen LogP contribution in [0.1, 0.15) is 32.3 Å². The zero-order valence-electron chi connectivity index (χ0n) is 14.9. The van der Waals surface area contributed by atoms with Gasteiger partial charge in [-0.25, -0.2) is 0 Å². The zero-order chi connectivity index (χ0) is 17.8. The summed E-state index contributed by atoms with van der Waals surface area (Å²) in [5.41, 5.74) is 0.902. The highest BCUT2D eigenvalue weighted by molar-refractivity contribution is 8.18. The van der Waals surface area contributed by atoms with E-state index < -0.39 is 0 Å². The van der Waals surface area contributed by atoms with E-state index in [4.69, 9.17) is 9.47 Å². The minimum Gasteiger partial charge on any atom is -0.493 e. The first kappa shape index (κ1) is 17.9. The topological polar surface area (TPSA) is 51.1 Å². The van der Waals surface area contributed by atoms with E-state index in [1.165, 1.54) is 18.2 Å². The highest BCUT2D eigenvalue weighted by Gasteiger charge is 2.28. The molecule has 0 aromatic heterocycles. The fourth-order valence-electron chi connectivity index (χ4n) is 3.10. The molecule has 1 saturated heterocycles. The summed E-state index contributed by atoms with van der Waals surface area (Å²) in [5.74, 6) is 1.86. The highest BCUT2D eigenvalue weighted by Crippen LogP contribution is 2.34. The van der Waals surface area contributed by atoms with Crippen molar-refractivity contribution >= 4 is 28.9 Å². The van der Waals surface area contributed by atoms with Crippen molar-refractivity contribution in [3.63, 3.8) is 0 Å². The summed E-state index contributed by atoms with van der Waals surface area (Å²) < 4.78 is 10.9. The number of carbonyl (C=O) groups excluding carboxylic acids is 1. The lowest BCUT2D eigenvalue weighted by atomic mass is 10.0. The van der Waals surface area contributed by atoms with Gasteiger partial charge in [-0.05, 0) is 61.2 Å². The van der Waals surface area contributed by atoms with Crippen molar-refractivity contribution < 1.29 is 14.3 Å². The molecule has 0 saturated carbocycles. The predicted molar refractivity (Wildman–Crippen MR) is 102 cm³/mol. The molecule has 0 radical (unpaired) electrons. The number of hydrogen-bond donors (Lipinski definition) is 0. The van der Waals surface area contributed by atoms with Crippen LogP contribution >= 0.6 is 11.8 Å². The molecule has 1 aromatic carbocycles. The molecule has 0 aliphatic carbocycles. The van der Waals surface area contributed by atoms with Gasteiger partial charge >= 0.3 is 0 Å². The van der Waals surface area contributed by atoms with Gasteiger partial charge < -0.3 is 14.4 Å². The van der Waals surface area contributed by atoms with Crippen LogP contribution in [0.2, 0.25) is 0 Å². The fourth-order valence-corrected chi connectivity index (χ4v) is 4.04. The van der Waals surface area contributed by atoms with Gasteiger partial charge in [-0.3, -0.25) is 4.79 Å². The first-order valence-electron chi connectivity index (χ1n) is 8.69. The second-order valence-corrected chi connectivity index (χ2v) is 7.36. The van der Waals surface area contributed by atoms with Crippen LogP contribution in [0.3, 0.4) is 0 Å². The molecule has 2 aliphatic heterocycles. The SMILES string of the molecule is CCOc1ccc(/C=C2\SC(N3CCC[C@H](C)C3)=NC2=O)cc1OC. The van der Waals surface area contributed by atoms with E-state index in [-0.39, 0.29) is 5.91 Å². The van der Waals surface area contributed by atoms with Gasteiger partial charge in [-0.1, -0.05) is 13.0 Å². The van der Waals surface area contributed by atoms with E-state index in [1.807, 2.05) is 31.2 Å². The summed E-state index contributed by atoms with van der Waals surface area (Å²) in [7, 11) is 1.61. The molecule has 1 atom stereocenters. The largest absolute Gasteiger partial charge is 0.493 e. The van der Waals surface area contributed by atoms with Crippen molar-refractivity contribution in [2.75, 3.05) is 26.8 Å². The van der Waals surface area contributed by atoms with Crippen molar-refractivity contribution in [2.24, 2.45) is 10.9 Å². The molecule has 0 bridgehead atoms. The predicted octanol–water partition coefficient (Wildman–Crippen LogP) is 3.80. The number of piperidine rings is 1. The summed E-state index contributed by atoms with van der Waals surface area (Å²) in [5, 5.41) is 0.834. The first-order valence-corrected chi connectivity index (χ1v) is 9.50. The third-order valence-electron chi connectivity index (χ3n) is 4.32. The molecule has 0 spiro atoms. The zero-order valence-corrected chi connectivity index (χ0v) is 15.8. The molecule has 2 aliphatic rings. The highest BCUT2D eigenvalue weighted by atomic mass is 32.2. The summed E-state index contributed by atoms with van der Waals surface area (Å²) in [4.78, 5) is 19.4. The summed E-state index contributed by atoms with van der Waals surface area (Å²) in [6, 6.07) is 5.68. The van der Waals surface area contributed by atoms with Gasteiger partial charge in [0.05, 0.1) is 18.6 Å². The normalized spacial score (nSPS) is 22.3. The third-order valence-corrected chi connectivity index (χ3v) is 5.37. The number of nitrogens with zero attached hydrogens (tertiary/aromatic N) is 2. The summed E-state index contributed by atoms with van der Waals surface area (Å²) >= 11 is 1.47. The molecule has 0 N–H and O–H groups in total. The van der Waals surface area contributed by atoms with Crippen LogP contribution in [0.15, 0.2) is 28.1 Å². The third kappa shape index (κ3) is 4.18. The number of aliphatic imine (C=N–C) groups is 1. The quantitative estimate of drug-likeness (QED) is 0.765. The Bertz CT molecular complexity index is 715. The van der Waals surface area contributed by atoms with E-state index in [2.05, 4.69) is 16.8 Å². The van der Waals surface area contributed by atoms with Crippen LogP contribution in [-0.4, -0.2) is 42.8 Å². The molecule has 1 amide bonds.